The van der Waals surface area contributed by atoms with Crippen molar-refractivity contribution in [3.8, 4) is 0 Å². The van der Waals surface area contributed by atoms with Gasteiger partial charge in [0.25, 0.3) is 0 Å². The second kappa shape index (κ2) is 7.98. The van der Waals surface area contributed by atoms with Gasteiger partial charge in [-0.3, -0.25) is 0 Å². The zero-order valence-corrected chi connectivity index (χ0v) is 18.2. The molecule has 0 radical (unpaired) electrons. The van der Waals surface area contributed by atoms with E-state index in [1.54, 1.807) is 7.11 Å². The Balaban J connectivity index is 2.75. The monoisotopic (exact) mass is 358 g/mol. The third-order valence-electron chi connectivity index (χ3n) is 2.91. The molecule has 0 unspecified atom stereocenters. The van der Waals surface area contributed by atoms with Gasteiger partial charge < -0.3 is 12.7 Å². The molecule has 4 nitrogen and oxygen atoms in total. The standard InChI is InChI=1S/C15H32NO3Si3/c1-17-22(18-20(2,3)4,19-21(5,6)7)15-11-14-16-12-9-8-10-13-16/h8-10,12-13H,11,14-15H2,1-7H3/q+1. The van der Waals surface area contributed by atoms with Crippen molar-refractivity contribution >= 4 is 25.4 Å². The van der Waals surface area contributed by atoms with E-state index >= 15 is 0 Å². The van der Waals surface area contributed by atoms with Crippen LogP contribution in [0, 0.1) is 0 Å². The molecule has 0 saturated heterocycles. The van der Waals surface area contributed by atoms with Gasteiger partial charge in [0, 0.05) is 31.7 Å². The molecule has 0 aromatic carbocycles. The first-order valence-electron chi connectivity index (χ1n) is 7.95. The van der Waals surface area contributed by atoms with Crippen LogP contribution in [0.2, 0.25) is 45.3 Å². The maximum atomic E-state index is 6.45. The summed E-state index contributed by atoms with van der Waals surface area (Å²) in [6, 6.07) is 7.02. The molecular formula is C15H32NO3Si3+. The van der Waals surface area contributed by atoms with Gasteiger partial charge in [-0.15, -0.1) is 0 Å². The highest BCUT2D eigenvalue weighted by atomic mass is 28.5. The van der Waals surface area contributed by atoms with Crippen LogP contribution in [0.1, 0.15) is 6.42 Å². The fraction of sp³-hybridized carbons (Fsp3) is 0.667. The van der Waals surface area contributed by atoms with Gasteiger partial charge >= 0.3 is 8.80 Å². The molecule has 1 aromatic rings. The molecule has 0 fully saturated rings. The summed E-state index contributed by atoms with van der Waals surface area (Å²) < 4.78 is 21.0. The van der Waals surface area contributed by atoms with Crippen LogP contribution in [-0.2, 0) is 19.2 Å². The zero-order valence-electron chi connectivity index (χ0n) is 15.2. The van der Waals surface area contributed by atoms with E-state index in [-0.39, 0.29) is 0 Å². The largest absolute Gasteiger partial charge is 0.479 e. The van der Waals surface area contributed by atoms with Gasteiger partial charge in [-0.05, 0) is 39.3 Å². The van der Waals surface area contributed by atoms with Gasteiger partial charge in [0.15, 0.2) is 29.0 Å². The first kappa shape index (κ1) is 19.7. The van der Waals surface area contributed by atoms with Gasteiger partial charge in [-0.25, -0.2) is 4.57 Å². The average molecular weight is 359 g/mol. The molecule has 0 N–H and O–H groups in total. The molecule has 0 atom stereocenters. The van der Waals surface area contributed by atoms with Crippen molar-refractivity contribution in [3.05, 3.63) is 30.6 Å². The quantitative estimate of drug-likeness (QED) is 0.499. The minimum atomic E-state index is -2.58. The molecular weight excluding hydrogens is 326 g/mol. The minimum absolute atomic E-state index is 0.875. The molecule has 1 rings (SSSR count). The van der Waals surface area contributed by atoms with E-state index in [0.717, 1.165) is 19.0 Å². The molecule has 0 amide bonds. The van der Waals surface area contributed by atoms with Crippen LogP contribution in [0.15, 0.2) is 30.6 Å². The maximum absolute atomic E-state index is 6.45. The lowest BCUT2D eigenvalue weighted by molar-refractivity contribution is -0.697. The lowest BCUT2D eigenvalue weighted by atomic mass is 10.4. The third-order valence-corrected chi connectivity index (χ3v) is 11.9. The van der Waals surface area contributed by atoms with Crippen molar-refractivity contribution in [3.63, 3.8) is 0 Å². The molecule has 126 valence electrons. The van der Waals surface area contributed by atoms with Crippen LogP contribution in [0.3, 0.4) is 0 Å². The molecule has 0 aliphatic heterocycles. The van der Waals surface area contributed by atoms with Crippen LogP contribution in [-0.4, -0.2) is 32.5 Å². The second-order valence-electron chi connectivity index (χ2n) is 7.53. The number of hydrogen-bond acceptors (Lipinski definition) is 3. The Labute approximate surface area is 139 Å². The summed E-state index contributed by atoms with van der Waals surface area (Å²) >= 11 is 0. The van der Waals surface area contributed by atoms with E-state index in [0.29, 0.717) is 0 Å². The van der Waals surface area contributed by atoms with Crippen LogP contribution < -0.4 is 4.57 Å². The number of pyridine rings is 1. The van der Waals surface area contributed by atoms with Crippen molar-refractivity contribution in [1.29, 1.82) is 0 Å². The molecule has 0 aliphatic rings. The fourth-order valence-electron chi connectivity index (χ4n) is 2.30. The molecule has 7 heteroatoms. The normalized spacial score (nSPS) is 13.4. The fourth-order valence-corrected chi connectivity index (χ4v) is 12.6. The van der Waals surface area contributed by atoms with Crippen molar-refractivity contribution in [2.24, 2.45) is 0 Å². The van der Waals surface area contributed by atoms with E-state index in [1.807, 2.05) is 6.07 Å². The molecule has 0 saturated carbocycles. The Bertz CT molecular complexity index is 428. The van der Waals surface area contributed by atoms with E-state index in [1.165, 1.54) is 0 Å². The maximum Gasteiger partial charge on any atom is 0.479 e. The Morgan fingerprint density at radius 2 is 1.32 bits per heavy atom. The Hall–Kier alpha value is -0.319. The van der Waals surface area contributed by atoms with Gasteiger partial charge in [-0.1, -0.05) is 6.07 Å². The number of rotatable bonds is 9. The zero-order chi connectivity index (χ0) is 16.9. The van der Waals surface area contributed by atoms with Crippen molar-refractivity contribution in [2.75, 3.05) is 7.11 Å². The average Bonchev–Trinajstić information content (AvgIpc) is 2.36. The molecule has 0 aliphatic carbocycles. The summed E-state index contributed by atoms with van der Waals surface area (Å²) in [7, 11) is -4.26. The summed E-state index contributed by atoms with van der Waals surface area (Å²) in [6.07, 6.45) is 5.19. The Morgan fingerprint density at radius 1 is 0.818 bits per heavy atom. The SMILES string of the molecule is CO[Si](CCC[n+]1ccccc1)(O[Si](C)(C)C)O[Si](C)(C)C. The summed E-state index contributed by atoms with van der Waals surface area (Å²) in [5.74, 6) is 0. The van der Waals surface area contributed by atoms with E-state index in [2.05, 4.69) is 68.4 Å². The van der Waals surface area contributed by atoms with Crippen LogP contribution in [0.25, 0.3) is 0 Å². The summed E-state index contributed by atoms with van der Waals surface area (Å²) in [6.45, 7) is 14.2. The van der Waals surface area contributed by atoms with E-state index in [4.69, 9.17) is 12.7 Å². The summed E-state index contributed by atoms with van der Waals surface area (Å²) in [4.78, 5) is 0. The predicted molar refractivity (Wildman–Crippen MR) is 97.7 cm³/mol. The van der Waals surface area contributed by atoms with Crippen LogP contribution in [0.5, 0.6) is 0 Å². The third kappa shape index (κ3) is 7.80. The van der Waals surface area contributed by atoms with Crippen molar-refractivity contribution in [1.82, 2.24) is 0 Å². The van der Waals surface area contributed by atoms with Crippen molar-refractivity contribution < 1.29 is 17.2 Å². The Kier molecular flexibility index (Phi) is 7.16. The second-order valence-corrected chi connectivity index (χ2v) is 19.9. The first-order valence-corrected chi connectivity index (χ1v) is 16.7. The van der Waals surface area contributed by atoms with Gasteiger partial charge in [0.2, 0.25) is 0 Å². The highest BCUT2D eigenvalue weighted by Crippen LogP contribution is 2.26. The van der Waals surface area contributed by atoms with Crippen LogP contribution in [0.4, 0.5) is 0 Å². The highest BCUT2D eigenvalue weighted by molar-refractivity contribution is 6.85. The summed E-state index contributed by atoms with van der Waals surface area (Å²) in [5, 5.41) is 0. The topological polar surface area (TPSA) is 31.6 Å². The smallest absolute Gasteiger partial charge is 0.416 e. The van der Waals surface area contributed by atoms with Crippen LogP contribution >= 0.6 is 0 Å². The Morgan fingerprint density at radius 3 is 1.73 bits per heavy atom. The molecule has 1 aromatic heterocycles. The molecule has 22 heavy (non-hydrogen) atoms. The van der Waals surface area contributed by atoms with E-state index < -0.39 is 25.4 Å². The molecule has 1 heterocycles. The number of hydrogen-bond donors (Lipinski definition) is 0. The minimum Gasteiger partial charge on any atom is -0.416 e. The summed E-state index contributed by atoms with van der Waals surface area (Å²) in [5.41, 5.74) is 0. The lowest BCUT2D eigenvalue weighted by Crippen LogP contribution is -2.56. The lowest BCUT2D eigenvalue weighted by Gasteiger charge is -2.38. The number of nitrogens with zero attached hydrogens (tertiary/aromatic N) is 1. The first-order chi connectivity index (χ1) is 10.1. The molecule has 0 spiro atoms. The van der Waals surface area contributed by atoms with Gasteiger partial charge in [0.05, 0.1) is 0 Å². The van der Waals surface area contributed by atoms with Gasteiger partial charge in [0.1, 0.15) is 6.54 Å². The highest BCUT2D eigenvalue weighted by Gasteiger charge is 2.46. The predicted octanol–water partition coefficient (Wildman–Crippen LogP) is 3.65. The van der Waals surface area contributed by atoms with Crippen molar-refractivity contribution in [2.45, 2.75) is 58.3 Å². The number of aromatic nitrogens is 1. The van der Waals surface area contributed by atoms with E-state index in [9.17, 15) is 0 Å². The number of aryl methyl sites for hydroxylation is 1. The molecule has 0 bridgehead atoms. The van der Waals surface area contributed by atoms with Gasteiger partial charge in [-0.2, -0.15) is 0 Å².